The van der Waals surface area contributed by atoms with E-state index in [9.17, 15) is 4.79 Å². The van der Waals surface area contributed by atoms with Crippen molar-refractivity contribution in [3.63, 3.8) is 0 Å². The summed E-state index contributed by atoms with van der Waals surface area (Å²) in [4.78, 5) is 21.3. The fraction of sp³-hybridized carbons (Fsp3) is 0.467. The first-order chi connectivity index (χ1) is 10.2. The van der Waals surface area contributed by atoms with Crippen LogP contribution in [-0.4, -0.2) is 46.9 Å². The number of aromatic nitrogens is 1. The summed E-state index contributed by atoms with van der Waals surface area (Å²) in [6, 6.07) is 1.91. The fourth-order valence-corrected chi connectivity index (χ4v) is 4.01. The minimum Gasteiger partial charge on any atom is -0.337 e. The van der Waals surface area contributed by atoms with Crippen molar-refractivity contribution >= 4 is 28.6 Å². The molecule has 0 saturated carbocycles. The lowest BCUT2D eigenvalue weighted by molar-refractivity contribution is 0.0761. The molecule has 4 nitrogen and oxygen atoms in total. The summed E-state index contributed by atoms with van der Waals surface area (Å²) in [6.45, 7) is 6.55. The van der Waals surface area contributed by atoms with Crippen molar-refractivity contribution in [2.24, 2.45) is 0 Å². The molecule has 0 N–H and O–H groups in total. The number of amides is 1. The van der Waals surface area contributed by atoms with E-state index in [2.05, 4.69) is 15.3 Å². The van der Waals surface area contributed by atoms with Gasteiger partial charge in [0.05, 0.1) is 12.1 Å². The average molecular weight is 321 g/mol. The highest BCUT2D eigenvalue weighted by molar-refractivity contribution is 7.09. The van der Waals surface area contributed by atoms with E-state index in [0.717, 1.165) is 50.4 Å². The van der Waals surface area contributed by atoms with E-state index in [1.54, 1.807) is 22.7 Å². The molecule has 0 bridgehead atoms. The van der Waals surface area contributed by atoms with E-state index in [1.165, 1.54) is 5.01 Å². The molecule has 1 fully saturated rings. The van der Waals surface area contributed by atoms with Crippen LogP contribution in [0.4, 0.5) is 0 Å². The van der Waals surface area contributed by atoms with Gasteiger partial charge < -0.3 is 4.90 Å². The van der Waals surface area contributed by atoms with Crippen LogP contribution in [0.5, 0.6) is 0 Å². The molecule has 0 spiro atoms. The number of nitrogens with zero attached hydrogens (tertiary/aromatic N) is 3. The molecule has 1 aliphatic rings. The third-order valence-electron chi connectivity index (χ3n) is 3.67. The predicted octanol–water partition coefficient (Wildman–Crippen LogP) is 2.86. The molecular weight excluding hydrogens is 302 g/mol. The summed E-state index contributed by atoms with van der Waals surface area (Å²) in [7, 11) is 0. The Labute approximate surface area is 133 Å². The lowest BCUT2D eigenvalue weighted by Crippen LogP contribution is -2.34. The van der Waals surface area contributed by atoms with Gasteiger partial charge in [0.1, 0.15) is 5.01 Å². The first kappa shape index (κ1) is 14.7. The Hall–Kier alpha value is -1.24. The highest BCUT2D eigenvalue weighted by atomic mass is 32.1. The standard InChI is InChI=1S/C15H19N3OS2/c1-12-10-21-14(16-12)9-17-4-2-5-18(7-6-17)15(19)13-3-8-20-11-13/h3,8,10-11H,2,4-7,9H2,1H3. The number of rotatable bonds is 3. The zero-order valence-electron chi connectivity index (χ0n) is 12.1. The molecule has 3 heterocycles. The van der Waals surface area contributed by atoms with E-state index < -0.39 is 0 Å². The third-order valence-corrected chi connectivity index (χ3v) is 5.30. The zero-order chi connectivity index (χ0) is 14.7. The Kier molecular flexibility index (Phi) is 4.67. The van der Waals surface area contributed by atoms with Gasteiger partial charge in [-0.25, -0.2) is 4.98 Å². The second kappa shape index (κ2) is 6.68. The molecule has 1 amide bonds. The van der Waals surface area contributed by atoms with Crippen molar-refractivity contribution in [3.05, 3.63) is 38.5 Å². The number of hydrogen-bond donors (Lipinski definition) is 0. The Morgan fingerprint density at radius 3 is 2.90 bits per heavy atom. The topological polar surface area (TPSA) is 36.4 Å². The van der Waals surface area contributed by atoms with Crippen molar-refractivity contribution in [1.82, 2.24) is 14.8 Å². The Balaban J connectivity index is 1.58. The molecule has 2 aromatic heterocycles. The average Bonchev–Trinajstić information content (AvgIpc) is 3.08. The Morgan fingerprint density at radius 2 is 2.19 bits per heavy atom. The van der Waals surface area contributed by atoms with Crippen molar-refractivity contribution in [3.8, 4) is 0 Å². The molecule has 0 aliphatic carbocycles. The second-order valence-electron chi connectivity index (χ2n) is 5.32. The largest absolute Gasteiger partial charge is 0.337 e. The molecular formula is C15H19N3OS2. The van der Waals surface area contributed by atoms with E-state index in [-0.39, 0.29) is 5.91 Å². The van der Waals surface area contributed by atoms with Crippen LogP contribution in [0.25, 0.3) is 0 Å². The van der Waals surface area contributed by atoms with Crippen LogP contribution < -0.4 is 0 Å². The lowest BCUT2D eigenvalue weighted by atomic mass is 10.3. The first-order valence-corrected chi connectivity index (χ1v) is 8.99. The summed E-state index contributed by atoms with van der Waals surface area (Å²) >= 11 is 3.30. The minimum absolute atomic E-state index is 0.170. The van der Waals surface area contributed by atoms with Gasteiger partial charge in [0, 0.05) is 42.6 Å². The number of thiophene rings is 1. The van der Waals surface area contributed by atoms with Gasteiger partial charge in [0.2, 0.25) is 0 Å². The third kappa shape index (κ3) is 3.70. The van der Waals surface area contributed by atoms with Crippen molar-refractivity contribution in [2.45, 2.75) is 19.9 Å². The van der Waals surface area contributed by atoms with Gasteiger partial charge in [-0.15, -0.1) is 11.3 Å². The fourth-order valence-electron chi connectivity index (χ4n) is 2.57. The monoisotopic (exact) mass is 321 g/mol. The van der Waals surface area contributed by atoms with Gasteiger partial charge in [-0.3, -0.25) is 9.69 Å². The number of aryl methyl sites for hydroxylation is 1. The maximum absolute atomic E-state index is 12.4. The Bertz CT molecular complexity index is 594. The van der Waals surface area contributed by atoms with E-state index in [4.69, 9.17) is 0 Å². The molecule has 0 aromatic carbocycles. The number of carbonyl (C=O) groups excluding carboxylic acids is 1. The van der Waals surface area contributed by atoms with Gasteiger partial charge in [-0.05, 0) is 24.8 Å². The summed E-state index contributed by atoms with van der Waals surface area (Å²) in [5, 5.41) is 7.16. The van der Waals surface area contributed by atoms with Crippen LogP contribution in [0.15, 0.2) is 22.2 Å². The summed E-state index contributed by atoms with van der Waals surface area (Å²) < 4.78 is 0. The molecule has 0 atom stereocenters. The van der Waals surface area contributed by atoms with Crippen LogP contribution in [0.2, 0.25) is 0 Å². The van der Waals surface area contributed by atoms with Crippen LogP contribution in [-0.2, 0) is 6.54 Å². The SMILES string of the molecule is Cc1csc(CN2CCCN(C(=O)c3ccsc3)CC2)n1. The van der Waals surface area contributed by atoms with E-state index in [1.807, 2.05) is 28.7 Å². The quantitative estimate of drug-likeness (QED) is 0.872. The van der Waals surface area contributed by atoms with Gasteiger partial charge in [0.25, 0.3) is 5.91 Å². The highest BCUT2D eigenvalue weighted by Crippen LogP contribution is 2.15. The van der Waals surface area contributed by atoms with E-state index >= 15 is 0 Å². The molecule has 1 saturated heterocycles. The van der Waals surface area contributed by atoms with Gasteiger partial charge in [-0.2, -0.15) is 11.3 Å². The number of carbonyl (C=O) groups is 1. The van der Waals surface area contributed by atoms with Gasteiger partial charge in [0.15, 0.2) is 0 Å². The van der Waals surface area contributed by atoms with Crippen molar-refractivity contribution in [1.29, 1.82) is 0 Å². The van der Waals surface area contributed by atoms with Crippen molar-refractivity contribution in [2.75, 3.05) is 26.2 Å². The van der Waals surface area contributed by atoms with Crippen LogP contribution >= 0.6 is 22.7 Å². The smallest absolute Gasteiger partial charge is 0.254 e. The van der Waals surface area contributed by atoms with Gasteiger partial charge >= 0.3 is 0 Å². The van der Waals surface area contributed by atoms with Crippen LogP contribution in [0, 0.1) is 6.92 Å². The maximum Gasteiger partial charge on any atom is 0.254 e. The minimum atomic E-state index is 0.170. The normalized spacial score (nSPS) is 16.9. The van der Waals surface area contributed by atoms with Crippen molar-refractivity contribution < 1.29 is 4.79 Å². The highest BCUT2D eigenvalue weighted by Gasteiger charge is 2.20. The second-order valence-corrected chi connectivity index (χ2v) is 7.04. The molecule has 0 radical (unpaired) electrons. The number of thiazole rings is 1. The number of hydrogen-bond acceptors (Lipinski definition) is 5. The Morgan fingerprint density at radius 1 is 1.29 bits per heavy atom. The zero-order valence-corrected chi connectivity index (χ0v) is 13.8. The lowest BCUT2D eigenvalue weighted by Gasteiger charge is -2.21. The predicted molar refractivity (Wildman–Crippen MR) is 87.0 cm³/mol. The van der Waals surface area contributed by atoms with E-state index in [0.29, 0.717) is 0 Å². The summed E-state index contributed by atoms with van der Waals surface area (Å²) in [6.07, 6.45) is 1.03. The summed E-state index contributed by atoms with van der Waals surface area (Å²) in [5.41, 5.74) is 1.92. The van der Waals surface area contributed by atoms with Crippen LogP contribution in [0.1, 0.15) is 27.5 Å². The molecule has 112 valence electrons. The molecule has 0 unspecified atom stereocenters. The summed E-state index contributed by atoms with van der Waals surface area (Å²) in [5.74, 6) is 0.170. The molecule has 1 aliphatic heterocycles. The maximum atomic E-state index is 12.4. The molecule has 21 heavy (non-hydrogen) atoms. The molecule has 2 aromatic rings. The molecule has 3 rings (SSSR count). The van der Waals surface area contributed by atoms with Crippen LogP contribution in [0.3, 0.4) is 0 Å². The first-order valence-electron chi connectivity index (χ1n) is 7.17. The van der Waals surface area contributed by atoms with Gasteiger partial charge in [-0.1, -0.05) is 0 Å². The molecule has 6 heteroatoms.